The van der Waals surface area contributed by atoms with Crippen LogP contribution < -0.4 is 0 Å². The highest BCUT2D eigenvalue weighted by atomic mass is 32.1. The number of nitrogens with zero attached hydrogens (tertiary/aromatic N) is 4. The molecule has 2 atom stereocenters. The highest BCUT2D eigenvalue weighted by Gasteiger charge is 2.38. The average Bonchev–Trinajstić information content (AvgIpc) is 2.74. The van der Waals surface area contributed by atoms with Crippen molar-refractivity contribution in [3.05, 3.63) is 23.6 Å². The van der Waals surface area contributed by atoms with Gasteiger partial charge in [0.25, 0.3) is 0 Å². The molecule has 2 aromatic heterocycles. The Balaban J connectivity index is 1.74. The fourth-order valence-corrected chi connectivity index (χ4v) is 2.01. The molecule has 0 saturated heterocycles. The van der Waals surface area contributed by atoms with Crippen LogP contribution >= 0.6 is 11.7 Å². The molecule has 1 aliphatic carbocycles. The van der Waals surface area contributed by atoms with Crippen molar-refractivity contribution in [2.45, 2.75) is 25.7 Å². The molecule has 0 radical (unpaired) electrons. The van der Waals surface area contributed by atoms with E-state index < -0.39 is 0 Å². The Morgan fingerprint density at radius 2 is 2.47 bits per heavy atom. The van der Waals surface area contributed by atoms with Crippen molar-refractivity contribution in [3.8, 4) is 0 Å². The Morgan fingerprint density at radius 3 is 3.13 bits per heavy atom. The van der Waals surface area contributed by atoms with Crippen molar-refractivity contribution in [1.29, 1.82) is 0 Å². The lowest BCUT2D eigenvalue weighted by atomic mass is 10.3. The first-order valence-electron chi connectivity index (χ1n) is 4.92. The van der Waals surface area contributed by atoms with Crippen LogP contribution in [0.1, 0.15) is 36.7 Å². The zero-order valence-corrected chi connectivity index (χ0v) is 9.07. The molecule has 0 amide bonds. The summed E-state index contributed by atoms with van der Waals surface area (Å²) in [4.78, 5) is 4.36. The Hall–Kier alpha value is -1.30. The van der Waals surface area contributed by atoms with Gasteiger partial charge in [0, 0.05) is 5.92 Å². The lowest BCUT2D eigenvalue weighted by Gasteiger charge is -1.85. The Bertz CT molecular complexity index is 452. The minimum absolute atomic E-state index is 0.486. The van der Waals surface area contributed by atoms with Crippen LogP contribution in [0.5, 0.6) is 0 Å². The predicted octanol–water partition coefficient (Wildman–Crippen LogP) is 1.64. The van der Waals surface area contributed by atoms with Gasteiger partial charge in [0.05, 0.1) is 30.0 Å². The molecule has 78 valence electrons. The highest BCUT2D eigenvalue weighted by Crippen LogP contribution is 2.45. The summed E-state index contributed by atoms with van der Waals surface area (Å²) < 4.78 is 13.2. The molecule has 5 nitrogen and oxygen atoms in total. The number of aromatic nitrogens is 4. The highest BCUT2D eigenvalue weighted by molar-refractivity contribution is 6.99. The van der Waals surface area contributed by atoms with Crippen molar-refractivity contribution in [3.63, 3.8) is 0 Å². The fraction of sp³-hybridized carbons (Fsp3) is 0.556. The molecule has 2 unspecified atom stereocenters. The summed E-state index contributed by atoms with van der Waals surface area (Å²) in [5, 5.41) is 3.94. The summed E-state index contributed by atoms with van der Waals surface area (Å²) in [6.07, 6.45) is 3.52. The van der Waals surface area contributed by atoms with Gasteiger partial charge in [-0.05, 0) is 12.3 Å². The molecule has 0 aromatic carbocycles. The lowest BCUT2D eigenvalue weighted by molar-refractivity contribution is 0.371. The summed E-state index contributed by atoms with van der Waals surface area (Å²) >= 11 is 1.20. The van der Waals surface area contributed by atoms with E-state index in [1.165, 1.54) is 18.1 Å². The van der Waals surface area contributed by atoms with Crippen LogP contribution in [0.4, 0.5) is 0 Å². The van der Waals surface area contributed by atoms with Crippen LogP contribution in [-0.4, -0.2) is 18.9 Å². The summed E-state index contributed by atoms with van der Waals surface area (Å²) in [5.41, 5.74) is 0.899. The van der Waals surface area contributed by atoms with Crippen LogP contribution in [0.2, 0.25) is 0 Å². The van der Waals surface area contributed by atoms with Gasteiger partial charge in [-0.2, -0.15) is 13.7 Å². The lowest BCUT2D eigenvalue weighted by Crippen LogP contribution is -1.91. The van der Waals surface area contributed by atoms with E-state index in [1.54, 1.807) is 6.20 Å². The first kappa shape index (κ1) is 8.96. The van der Waals surface area contributed by atoms with Crippen LogP contribution in [0.25, 0.3) is 0 Å². The summed E-state index contributed by atoms with van der Waals surface area (Å²) in [6.45, 7) is 2.19. The molecule has 6 heteroatoms. The molecule has 0 bridgehead atoms. The second kappa shape index (κ2) is 3.37. The van der Waals surface area contributed by atoms with Gasteiger partial charge in [-0.15, -0.1) is 0 Å². The molecule has 15 heavy (non-hydrogen) atoms. The van der Waals surface area contributed by atoms with E-state index >= 15 is 0 Å². The first-order valence-corrected chi connectivity index (χ1v) is 5.65. The third-order valence-electron chi connectivity index (χ3n) is 2.66. The third-order valence-corrected chi connectivity index (χ3v) is 3.17. The second-order valence-electron chi connectivity index (χ2n) is 3.94. The maximum Gasteiger partial charge on any atom is 0.230 e. The van der Waals surface area contributed by atoms with Crippen LogP contribution in [0.15, 0.2) is 10.7 Å². The zero-order valence-electron chi connectivity index (χ0n) is 8.25. The maximum atomic E-state index is 5.20. The molecule has 2 aromatic rings. The molecule has 0 N–H and O–H groups in total. The SMILES string of the molecule is CC1CC1c1nc(Cc2cnsn2)no1. The van der Waals surface area contributed by atoms with Gasteiger partial charge in [-0.25, -0.2) is 0 Å². The van der Waals surface area contributed by atoms with Gasteiger partial charge >= 0.3 is 0 Å². The van der Waals surface area contributed by atoms with E-state index in [0.29, 0.717) is 24.1 Å². The predicted molar refractivity (Wildman–Crippen MR) is 53.5 cm³/mol. The third kappa shape index (κ3) is 1.77. The Morgan fingerprint density at radius 1 is 1.60 bits per heavy atom. The summed E-state index contributed by atoms with van der Waals surface area (Å²) in [7, 11) is 0. The van der Waals surface area contributed by atoms with Gasteiger partial charge < -0.3 is 4.52 Å². The molecule has 1 fully saturated rings. The zero-order chi connectivity index (χ0) is 10.3. The van der Waals surface area contributed by atoms with E-state index in [2.05, 4.69) is 25.8 Å². The largest absolute Gasteiger partial charge is 0.339 e. The molecule has 2 heterocycles. The quantitative estimate of drug-likeness (QED) is 0.789. The van der Waals surface area contributed by atoms with Crippen LogP contribution in [0, 0.1) is 5.92 Å². The van der Waals surface area contributed by atoms with E-state index in [0.717, 1.165) is 11.6 Å². The van der Waals surface area contributed by atoms with Crippen LogP contribution in [-0.2, 0) is 6.42 Å². The van der Waals surface area contributed by atoms with E-state index in [4.69, 9.17) is 4.52 Å². The van der Waals surface area contributed by atoms with Gasteiger partial charge in [0.15, 0.2) is 5.82 Å². The van der Waals surface area contributed by atoms with Crippen molar-refractivity contribution in [2.75, 3.05) is 0 Å². The molecule has 0 aliphatic heterocycles. The fourth-order valence-electron chi connectivity index (χ4n) is 1.58. The molecular weight excluding hydrogens is 212 g/mol. The van der Waals surface area contributed by atoms with E-state index in [9.17, 15) is 0 Å². The Kier molecular flexibility index (Phi) is 2.02. The molecule has 1 saturated carbocycles. The Labute approximate surface area is 90.9 Å². The molecule has 0 spiro atoms. The smallest absolute Gasteiger partial charge is 0.230 e. The molecule has 3 rings (SSSR count). The number of rotatable bonds is 3. The molecular formula is C9H10N4OS. The van der Waals surface area contributed by atoms with Crippen LogP contribution in [0.3, 0.4) is 0 Å². The minimum atomic E-state index is 0.486. The standard InChI is InChI=1S/C9H10N4OS/c1-5-2-7(5)9-11-8(12-14-9)3-6-4-10-15-13-6/h4-5,7H,2-3H2,1H3. The number of hydrogen-bond acceptors (Lipinski definition) is 6. The minimum Gasteiger partial charge on any atom is -0.339 e. The van der Waals surface area contributed by atoms with Gasteiger partial charge in [-0.1, -0.05) is 12.1 Å². The average molecular weight is 222 g/mol. The van der Waals surface area contributed by atoms with Gasteiger partial charge in [0.1, 0.15) is 0 Å². The number of hydrogen-bond donors (Lipinski definition) is 0. The molecule has 1 aliphatic rings. The summed E-state index contributed by atoms with van der Waals surface area (Å²) in [5.74, 6) is 2.66. The maximum absolute atomic E-state index is 5.20. The first-order chi connectivity index (χ1) is 7.33. The second-order valence-corrected chi connectivity index (χ2v) is 4.50. The van der Waals surface area contributed by atoms with Gasteiger partial charge in [0.2, 0.25) is 5.89 Å². The van der Waals surface area contributed by atoms with Crippen molar-refractivity contribution in [2.24, 2.45) is 5.92 Å². The van der Waals surface area contributed by atoms with Crippen molar-refractivity contribution >= 4 is 11.7 Å². The monoisotopic (exact) mass is 222 g/mol. The van der Waals surface area contributed by atoms with Gasteiger partial charge in [-0.3, -0.25) is 0 Å². The van der Waals surface area contributed by atoms with Crippen molar-refractivity contribution in [1.82, 2.24) is 18.9 Å². The topological polar surface area (TPSA) is 64.7 Å². The normalized spacial score (nSPS) is 24.3. The van der Waals surface area contributed by atoms with E-state index in [-0.39, 0.29) is 0 Å². The van der Waals surface area contributed by atoms with E-state index in [1.807, 2.05) is 0 Å². The summed E-state index contributed by atoms with van der Waals surface area (Å²) in [6, 6.07) is 0. The van der Waals surface area contributed by atoms with Crippen molar-refractivity contribution < 1.29 is 4.52 Å².